The number of carbonyl (C=O) groups excluding carboxylic acids is 1. The molecule has 3 aromatic rings. The molecule has 5 atom stereocenters. The molecule has 1 N–H and O–H groups in total. The maximum atomic E-state index is 12.8. The van der Waals surface area contributed by atoms with Crippen molar-refractivity contribution in [2.24, 2.45) is 0 Å². The Kier molecular flexibility index (Phi) is 9.40. The van der Waals surface area contributed by atoms with Crippen LogP contribution in [0.1, 0.15) is 25.8 Å². The van der Waals surface area contributed by atoms with Gasteiger partial charge >= 0.3 is 12.3 Å². The van der Waals surface area contributed by atoms with Gasteiger partial charge in [0.05, 0.1) is 17.4 Å². The third-order valence-corrected chi connectivity index (χ3v) is 6.35. The third kappa shape index (κ3) is 6.78. The van der Waals surface area contributed by atoms with Crippen LogP contribution in [0.15, 0.2) is 54.9 Å². The third-order valence-electron chi connectivity index (χ3n) is 6.35. The zero-order valence-corrected chi connectivity index (χ0v) is 22.4. The highest BCUT2D eigenvalue weighted by atomic mass is 19.4. The molecule has 1 aliphatic heterocycles. The van der Waals surface area contributed by atoms with Gasteiger partial charge in [-0.15, -0.1) is 5.10 Å². The molecule has 0 aliphatic carbocycles. The topological polar surface area (TPSA) is 106 Å². The molecule has 4 rings (SSSR count). The van der Waals surface area contributed by atoms with Crippen LogP contribution in [0.25, 0.3) is 17.1 Å². The lowest BCUT2D eigenvalue weighted by Crippen LogP contribution is -2.60. The Hall–Kier alpha value is -3.52. The van der Waals surface area contributed by atoms with Crippen molar-refractivity contribution in [1.82, 2.24) is 14.8 Å². The lowest BCUT2D eigenvalue weighted by Gasteiger charge is -2.43. The number of rotatable bonds is 9. The molecule has 5 unspecified atom stereocenters. The molecule has 40 heavy (non-hydrogen) atoms. The fourth-order valence-electron chi connectivity index (χ4n) is 4.36. The van der Waals surface area contributed by atoms with Crippen LogP contribution >= 0.6 is 0 Å². The molecule has 216 valence electrons. The summed E-state index contributed by atoms with van der Waals surface area (Å²) in [7, 11) is 3.05. The van der Waals surface area contributed by atoms with Crippen LogP contribution in [0.4, 0.5) is 23.7 Å². The normalized spacial score (nSPS) is 23.1. The highest BCUT2D eigenvalue weighted by Crippen LogP contribution is 2.30. The number of hydrogen-bond acceptors (Lipinski definition) is 8. The molecular weight excluding hydrogens is 533 g/mol. The Morgan fingerprint density at radius 3 is 2.30 bits per heavy atom. The second-order valence-electron chi connectivity index (χ2n) is 9.11. The van der Waals surface area contributed by atoms with Crippen molar-refractivity contribution in [3.8, 4) is 17.1 Å². The van der Waals surface area contributed by atoms with E-state index < -0.39 is 48.5 Å². The highest BCUT2D eigenvalue weighted by molar-refractivity contribution is 5.85. The Morgan fingerprint density at radius 2 is 1.70 bits per heavy atom. The summed E-state index contributed by atoms with van der Waals surface area (Å²) in [4.78, 5) is 16.9. The van der Waals surface area contributed by atoms with Crippen molar-refractivity contribution in [3.63, 3.8) is 0 Å². The molecule has 1 saturated heterocycles. The van der Waals surface area contributed by atoms with Gasteiger partial charge in [0.15, 0.2) is 5.82 Å². The summed E-state index contributed by atoms with van der Waals surface area (Å²) in [6.45, 7) is 4.28. The van der Waals surface area contributed by atoms with E-state index in [1.54, 1.807) is 31.4 Å². The summed E-state index contributed by atoms with van der Waals surface area (Å²) in [6, 6.07) is 11.3. The van der Waals surface area contributed by atoms with Crippen LogP contribution in [0.5, 0.6) is 0 Å². The fourth-order valence-corrected chi connectivity index (χ4v) is 4.36. The zero-order chi connectivity index (χ0) is 28.9. The Balaban J connectivity index is 1.38. The summed E-state index contributed by atoms with van der Waals surface area (Å²) >= 11 is 0. The largest absolute Gasteiger partial charge is 0.416 e. The van der Waals surface area contributed by atoms with Crippen LogP contribution in [0.3, 0.4) is 0 Å². The second kappa shape index (κ2) is 12.8. The van der Waals surface area contributed by atoms with E-state index in [1.807, 2.05) is 13.8 Å². The lowest BCUT2D eigenvalue weighted by molar-refractivity contribution is -0.292. The number of ether oxygens (including phenoxy) is 5. The number of anilines is 1. The average molecular weight is 565 g/mol. The molecular formula is C27H31F3N4O6. The van der Waals surface area contributed by atoms with Gasteiger partial charge in [-0.05, 0) is 61.9 Å². The quantitative estimate of drug-likeness (QED) is 0.384. The standard InChI is InChI=1S/C27H31F3N4O6/c1-5-14-38-22-21(36-3)16(2)39-25(23(22)37-4)40-26(35)32-19-10-6-17(7-11-19)24-31-15-34(33-24)20-12-8-18(9-13-20)27(28,29)30/h6-13,15-16,21-23,25H,5,14H2,1-4H3,(H,32,35). The van der Waals surface area contributed by atoms with Crippen molar-refractivity contribution in [3.05, 3.63) is 60.4 Å². The van der Waals surface area contributed by atoms with Crippen LogP contribution in [0, 0.1) is 0 Å². The molecule has 13 heteroatoms. The van der Waals surface area contributed by atoms with E-state index in [-0.39, 0.29) is 0 Å². The molecule has 0 radical (unpaired) electrons. The van der Waals surface area contributed by atoms with Gasteiger partial charge in [0.2, 0.25) is 6.29 Å². The summed E-state index contributed by atoms with van der Waals surface area (Å²) in [5.41, 5.74) is 0.766. The van der Waals surface area contributed by atoms with Gasteiger partial charge in [-0.25, -0.2) is 14.5 Å². The van der Waals surface area contributed by atoms with Crippen molar-refractivity contribution >= 4 is 11.8 Å². The second-order valence-corrected chi connectivity index (χ2v) is 9.11. The van der Waals surface area contributed by atoms with E-state index in [2.05, 4.69) is 15.4 Å². The van der Waals surface area contributed by atoms with Gasteiger partial charge < -0.3 is 23.7 Å². The van der Waals surface area contributed by atoms with Crippen molar-refractivity contribution in [2.75, 3.05) is 26.1 Å². The molecule has 2 heterocycles. The maximum Gasteiger partial charge on any atom is 0.416 e. The highest BCUT2D eigenvalue weighted by Gasteiger charge is 2.47. The molecule has 1 amide bonds. The summed E-state index contributed by atoms with van der Waals surface area (Å²) in [5.74, 6) is 0.354. The summed E-state index contributed by atoms with van der Waals surface area (Å²) in [6.07, 6.45) is -5.99. The number of hydrogen-bond donors (Lipinski definition) is 1. The van der Waals surface area contributed by atoms with Gasteiger partial charge in [0.25, 0.3) is 0 Å². The number of nitrogens with zero attached hydrogens (tertiary/aromatic N) is 3. The number of benzene rings is 2. The van der Waals surface area contributed by atoms with Crippen molar-refractivity contribution in [2.45, 2.75) is 57.2 Å². The number of methoxy groups -OCH3 is 2. The van der Waals surface area contributed by atoms with Crippen LogP contribution in [-0.2, 0) is 29.9 Å². The monoisotopic (exact) mass is 564 g/mol. The van der Waals surface area contributed by atoms with E-state index in [4.69, 9.17) is 23.7 Å². The maximum absolute atomic E-state index is 12.8. The predicted octanol–water partition coefficient (Wildman–Crippen LogP) is 5.07. The lowest BCUT2D eigenvalue weighted by atomic mass is 9.99. The first-order chi connectivity index (χ1) is 19.1. The van der Waals surface area contributed by atoms with Crippen LogP contribution in [-0.4, -0.2) is 72.4 Å². The zero-order valence-electron chi connectivity index (χ0n) is 22.4. The smallest absolute Gasteiger partial charge is 0.416 e. The molecule has 2 aromatic carbocycles. The Labute approximate surface area is 229 Å². The first-order valence-corrected chi connectivity index (χ1v) is 12.6. The van der Waals surface area contributed by atoms with E-state index in [0.29, 0.717) is 29.4 Å². The minimum Gasteiger partial charge on any atom is -0.416 e. The van der Waals surface area contributed by atoms with Gasteiger partial charge in [-0.1, -0.05) is 6.92 Å². The van der Waals surface area contributed by atoms with Crippen molar-refractivity contribution in [1.29, 1.82) is 0 Å². The summed E-state index contributed by atoms with van der Waals surface area (Å²) in [5, 5.41) is 6.99. The molecule has 0 spiro atoms. The SMILES string of the molecule is CCCOC1C(OC)C(C)OC(OC(=O)Nc2ccc(-c3ncn(-c4ccc(C(F)(F)F)cc4)n3)cc2)C1OC. The van der Waals surface area contributed by atoms with Gasteiger partial charge in [-0.2, -0.15) is 13.2 Å². The molecule has 1 fully saturated rings. The molecule has 1 aliphatic rings. The number of alkyl halides is 3. The van der Waals surface area contributed by atoms with Gasteiger partial charge in [-0.3, -0.25) is 5.32 Å². The first-order valence-electron chi connectivity index (χ1n) is 12.6. The molecule has 10 nitrogen and oxygen atoms in total. The van der Waals surface area contributed by atoms with E-state index in [9.17, 15) is 18.0 Å². The summed E-state index contributed by atoms with van der Waals surface area (Å²) < 4.78 is 68.3. The Morgan fingerprint density at radius 1 is 1.02 bits per heavy atom. The van der Waals surface area contributed by atoms with Crippen LogP contribution < -0.4 is 5.32 Å². The molecule has 1 aromatic heterocycles. The number of aromatic nitrogens is 3. The van der Waals surface area contributed by atoms with E-state index in [1.165, 1.54) is 30.3 Å². The average Bonchev–Trinajstić information content (AvgIpc) is 3.42. The van der Waals surface area contributed by atoms with E-state index in [0.717, 1.165) is 18.6 Å². The predicted molar refractivity (Wildman–Crippen MR) is 138 cm³/mol. The van der Waals surface area contributed by atoms with Crippen molar-refractivity contribution < 1.29 is 41.7 Å². The number of nitrogens with one attached hydrogen (secondary N) is 1. The van der Waals surface area contributed by atoms with E-state index >= 15 is 0 Å². The van der Waals surface area contributed by atoms with Crippen LogP contribution in [0.2, 0.25) is 0 Å². The molecule has 0 saturated carbocycles. The number of halogens is 3. The number of amides is 1. The molecule has 0 bridgehead atoms. The minimum atomic E-state index is -4.42. The number of carbonyl (C=O) groups is 1. The fraction of sp³-hybridized carbons (Fsp3) is 0.444. The van der Waals surface area contributed by atoms with Gasteiger partial charge in [0.1, 0.15) is 24.6 Å². The first kappa shape index (κ1) is 29.5. The minimum absolute atomic E-state index is 0.354. The Bertz CT molecular complexity index is 1250. The van der Waals surface area contributed by atoms with Gasteiger partial charge in [0, 0.05) is 32.1 Å².